The molecule has 18 heavy (non-hydrogen) atoms. The molecule has 0 saturated heterocycles. The van der Waals surface area contributed by atoms with Crippen LogP contribution < -0.4 is 11.6 Å². The number of anilines is 1. The molecule has 2 aromatic rings. The maximum atomic E-state index is 6.05. The predicted octanol–water partition coefficient (Wildman–Crippen LogP) is 2.59. The molecule has 1 heterocycles. The van der Waals surface area contributed by atoms with Gasteiger partial charge in [-0.3, -0.25) is 0 Å². The first kappa shape index (κ1) is 12.5. The van der Waals surface area contributed by atoms with E-state index in [4.69, 9.17) is 11.6 Å². The van der Waals surface area contributed by atoms with E-state index in [0.717, 1.165) is 17.1 Å². The van der Waals surface area contributed by atoms with Gasteiger partial charge < -0.3 is 11.6 Å². The minimum absolute atomic E-state index is 0.247. The standard InChI is InChI=1S/C14H20N4/c1-8(2)14-17-12(13(15)18(14)16)11-6-9(3)5-10(4)7-11/h5-8H,15-16H2,1-4H3. The fourth-order valence-electron chi connectivity index (χ4n) is 2.19. The van der Waals surface area contributed by atoms with E-state index in [9.17, 15) is 0 Å². The van der Waals surface area contributed by atoms with Crippen LogP contribution >= 0.6 is 0 Å². The number of hydrogen-bond acceptors (Lipinski definition) is 3. The van der Waals surface area contributed by atoms with Crippen LogP contribution in [0.3, 0.4) is 0 Å². The molecule has 0 saturated carbocycles. The van der Waals surface area contributed by atoms with Crippen molar-refractivity contribution in [2.45, 2.75) is 33.6 Å². The van der Waals surface area contributed by atoms with E-state index in [1.807, 2.05) is 0 Å². The van der Waals surface area contributed by atoms with Gasteiger partial charge in [0.1, 0.15) is 11.5 Å². The van der Waals surface area contributed by atoms with Gasteiger partial charge in [-0.1, -0.05) is 31.0 Å². The second kappa shape index (κ2) is 4.37. The Bertz CT molecular complexity index is 561. The molecular formula is C14H20N4. The van der Waals surface area contributed by atoms with Gasteiger partial charge in [-0.05, 0) is 26.0 Å². The number of aryl methyl sites for hydroxylation is 2. The van der Waals surface area contributed by atoms with Crippen molar-refractivity contribution >= 4 is 5.82 Å². The van der Waals surface area contributed by atoms with Crippen LogP contribution in [0.25, 0.3) is 11.3 Å². The van der Waals surface area contributed by atoms with Crippen LogP contribution in [-0.4, -0.2) is 9.66 Å². The molecular weight excluding hydrogens is 224 g/mol. The summed E-state index contributed by atoms with van der Waals surface area (Å²) in [6, 6.07) is 6.29. The lowest BCUT2D eigenvalue weighted by atomic mass is 10.1. The summed E-state index contributed by atoms with van der Waals surface area (Å²) < 4.78 is 1.48. The highest BCUT2D eigenvalue weighted by molar-refractivity contribution is 5.72. The van der Waals surface area contributed by atoms with Crippen molar-refractivity contribution < 1.29 is 0 Å². The third kappa shape index (κ3) is 2.06. The molecule has 0 radical (unpaired) electrons. The highest BCUT2D eigenvalue weighted by Gasteiger charge is 2.16. The second-order valence-corrected chi connectivity index (χ2v) is 5.10. The number of nitrogens with two attached hydrogens (primary N) is 2. The summed E-state index contributed by atoms with van der Waals surface area (Å²) >= 11 is 0. The van der Waals surface area contributed by atoms with Crippen LogP contribution in [0.4, 0.5) is 5.82 Å². The van der Waals surface area contributed by atoms with Crippen LogP contribution in [0, 0.1) is 13.8 Å². The van der Waals surface area contributed by atoms with Crippen molar-refractivity contribution in [1.82, 2.24) is 9.66 Å². The molecule has 0 fully saturated rings. The average molecular weight is 244 g/mol. The lowest BCUT2D eigenvalue weighted by Gasteiger charge is -2.04. The summed E-state index contributed by atoms with van der Waals surface area (Å²) in [6.07, 6.45) is 0. The summed E-state index contributed by atoms with van der Waals surface area (Å²) in [4.78, 5) is 4.57. The first-order valence-corrected chi connectivity index (χ1v) is 6.12. The number of imidazole rings is 1. The van der Waals surface area contributed by atoms with E-state index in [-0.39, 0.29) is 5.92 Å². The van der Waals surface area contributed by atoms with Gasteiger partial charge in [-0.15, -0.1) is 0 Å². The number of benzene rings is 1. The molecule has 0 amide bonds. The molecule has 4 N–H and O–H groups in total. The molecule has 4 heteroatoms. The summed E-state index contributed by atoms with van der Waals surface area (Å²) in [5, 5.41) is 0. The molecule has 0 aliphatic rings. The van der Waals surface area contributed by atoms with Gasteiger partial charge in [-0.2, -0.15) is 0 Å². The summed E-state index contributed by atoms with van der Waals surface area (Å²) in [5.74, 6) is 7.52. The molecule has 0 atom stereocenters. The lowest BCUT2D eigenvalue weighted by Crippen LogP contribution is -2.16. The molecule has 0 spiro atoms. The number of nitrogens with zero attached hydrogens (tertiary/aromatic N) is 2. The number of hydrogen-bond donors (Lipinski definition) is 2. The topological polar surface area (TPSA) is 69.9 Å². The highest BCUT2D eigenvalue weighted by atomic mass is 15.4. The van der Waals surface area contributed by atoms with Gasteiger partial charge in [0.15, 0.2) is 5.82 Å². The van der Waals surface area contributed by atoms with Gasteiger partial charge in [-0.25, -0.2) is 9.66 Å². The Hall–Kier alpha value is -1.97. The van der Waals surface area contributed by atoms with E-state index in [2.05, 4.69) is 50.9 Å². The van der Waals surface area contributed by atoms with Crippen LogP contribution in [0.2, 0.25) is 0 Å². The van der Waals surface area contributed by atoms with Gasteiger partial charge in [0.2, 0.25) is 0 Å². The van der Waals surface area contributed by atoms with Gasteiger partial charge in [0.25, 0.3) is 0 Å². The Morgan fingerprint density at radius 1 is 1.11 bits per heavy atom. The summed E-state index contributed by atoms with van der Waals surface area (Å²) in [5.41, 5.74) is 10.2. The minimum atomic E-state index is 0.247. The molecule has 2 rings (SSSR count). The predicted molar refractivity (Wildman–Crippen MR) is 75.8 cm³/mol. The Kier molecular flexibility index (Phi) is 3.03. The van der Waals surface area contributed by atoms with E-state index in [0.29, 0.717) is 5.82 Å². The first-order valence-electron chi connectivity index (χ1n) is 6.12. The molecule has 0 aliphatic heterocycles. The van der Waals surface area contributed by atoms with Crippen LogP contribution in [0.1, 0.15) is 36.7 Å². The second-order valence-electron chi connectivity index (χ2n) is 5.10. The smallest absolute Gasteiger partial charge is 0.150 e. The highest BCUT2D eigenvalue weighted by Crippen LogP contribution is 2.28. The normalized spacial score (nSPS) is 11.2. The van der Waals surface area contributed by atoms with Crippen molar-refractivity contribution in [3.63, 3.8) is 0 Å². The van der Waals surface area contributed by atoms with Crippen LogP contribution in [0.15, 0.2) is 18.2 Å². The monoisotopic (exact) mass is 244 g/mol. The van der Waals surface area contributed by atoms with Crippen LogP contribution in [0.5, 0.6) is 0 Å². The van der Waals surface area contributed by atoms with Crippen molar-refractivity contribution in [3.8, 4) is 11.3 Å². The molecule has 1 aromatic carbocycles. The number of rotatable bonds is 2. The average Bonchev–Trinajstić information content (AvgIpc) is 2.55. The summed E-state index contributed by atoms with van der Waals surface area (Å²) in [6.45, 7) is 8.23. The van der Waals surface area contributed by atoms with Crippen molar-refractivity contribution in [2.75, 3.05) is 11.6 Å². The zero-order valence-corrected chi connectivity index (χ0v) is 11.4. The Labute approximate surface area is 108 Å². The maximum absolute atomic E-state index is 6.05. The molecule has 0 unspecified atom stereocenters. The Balaban J connectivity index is 2.60. The first-order chi connectivity index (χ1) is 8.40. The third-order valence-corrected chi connectivity index (χ3v) is 2.99. The zero-order chi connectivity index (χ0) is 13.4. The SMILES string of the molecule is Cc1cc(C)cc(-c2nc(C(C)C)n(N)c2N)c1. The lowest BCUT2D eigenvalue weighted by molar-refractivity contribution is 0.739. The van der Waals surface area contributed by atoms with Crippen LogP contribution in [-0.2, 0) is 0 Å². The van der Waals surface area contributed by atoms with Gasteiger partial charge >= 0.3 is 0 Å². The van der Waals surface area contributed by atoms with Crippen molar-refractivity contribution in [1.29, 1.82) is 0 Å². The fourth-order valence-corrected chi connectivity index (χ4v) is 2.19. The van der Waals surface area contributed by atoms with E-state index in [1.54, 1.807) is 0 Å². The Morgan fingerprint density at radius 2 is 1.67 bits per heavy atom. The van der Waals surface area contributed by atoms with Crippen molar-refractivity contribution in [3.05, 3.63) is 35.2 Å². The minimum Gasteiger partial charge on any atom is -0.382 e. The Morgan fingerprint density at radius 3 is 2.11 bits per heavy atom. The largest absolute Gasteiger partial charge is 0.382 e. The van der Waals surface area contributed by atoms with Gasteiger partial charge in [0.05, 0.1) is 0 Å². The summed E-state index contributed by atoms with van der Waals surface area (Å²) in [7, 11) is 0. The molecule has 1 aromatic heterocycles. The quantitative estimate of drug-likeness (QED) is 0.798. The molecule has 0 aliphatic carbocycles. The molecule has 96 valence electrons. The van der Waals surface area contributed by atoms with E-state index < -0.39 is 0 Å². The van der Waals surface area contributed by atoms with Crippen molar-refractivity contribution in [2.24, 2.45) is 0 Å². The fraction of sp³-hybridized carbons (Fsp3) is 0.357. The molecule has 4 nitrogen and oxygen atoms in total. The molecule has 0 bridgehead atoms. The van der Waals surface area contributed by atoms with E-state index >= 15 is 0 Å². The zero-order valence-electron chi connectivity index (χ0n) is 11.4. The van der Waals surface area contributed by atoms with E-state index in [1.165, 1.54) is 15.8 Å². The number of aromatic nitrogens is 2. The van der Waals surface area contributed by atoms with Gasteiger partial charge in [0, 0.05) is 11.5 Å². The third-order valence-electron chi connectivity index (χ3n) is 2.99. The maximum Gasteiger partial charge on any atom is 0.150 e. The number of nitrogen functional groups attached to an aromatic ring is 2.